The van der Waals surface area contributed by atoms with Gasteiger partial charge in [0.2, 0.25) is 0 Å². The highest BCUT2D eigenvalue weighted by atomic mass is 16.5. The molecule has 0 aliphatic carbocycles. The summed E-state index contributed by atoms with van der Waals surface area (Å²) in [5.74, 6) is 0.945. The van der Waals surface area contributed by atoms with E-state index in [0.717, 1.165) is 12.3 Å². The third-order valence-electron chi connectivity index (χ3n) is 3.29. The molecule has 1 heterocycles. The highest BCUT2D eigenvalue weighted by Crippen LogP contribution is 2.34. The van der Waals surface area contributed by atoms with Crippen LogP contribution < -0.4 is 4.74 Å². The van der Waals surface area contributed by atoms with E-state index in [4.69, 9.17) is 4.74 Å². The average Bonchev–Trinajstić information content (AvgIpc) is 2.72. The highest BCUT2D eigenvalue weighted by Gasteiger charge is 2.12. The topological polar surface area (TPSA) is 14.2 Å². The summed E-state index contributed by atoms with van der Waals surface area (Å²) in [6.07, 6.45) is 0. The molecule has 3 rings (SSSR count). The van der Waals surface area contributed by atoms with Crippen LogP contribution in [-0.2, 0) is 6.54 Å². The molecule has 0 fully saturated rings. The first-order chi connectivity index (χ1) is 8.36. The van der Waals surface area contributed by atoms with Gasteiger partial charge in [-0.25, -0.2) is 0 Å². The molecular weight excluding hydrogens is 210 g/mol. The molecule has 86 valence electrons. The van der Waals surface area contributed by atoms with Gasteiger partial charge in [-0.3, -0.25) is 0 Å². The SMILES string of the molecule is CCn1c2ccccc2c2cccc(OC)c21. The van der Waals surface area contributed by atoms with Crippen molar-refractivity contribution in [1.29, 1.82) is 0 Å². The summed E-state index contributed by atoms with van der Waals surface area (Å²) in [5.41, 5.74) is 2.47. The Labute approximate surface area is 100 Å². The minimum Gasteiger partial charge on any atom is -0.495 e. The van der Waals surface area contributed by atoms with Crippen molar-refractivity contribution in [2.24, 2.45) is 0 Å². The predicted octanol–water partition coefficient (Wildman–Crippen LogP) is 3.82. The quantitative estimate of drug-likeness (QED) is 0.646. The van der Waals surface area contributed by atoms with Gasteiger partial charge in [-0.15, -0.1) is 0 Å². The van der Waals surface area contributed by atoms with Crippen LogP contribution in [0.4, 0.5) is 0 Å². The molecule has 0 aliphatic heterocycles. The molecular formula is C15H15NO. The van der Waals surface area contributed by atoms with Crippen LogP contribution in [0.1, 0.15) is 6.92 Å². The molecule has 2 aromatic carbocycles. The van der Waals surface area contributed by atoms with Gasteiger partial charge in [0.15, 0.2) is 0 Å². The number of methoxy groups -OCH3 is 1. The first-order valence-electron chi connectivity index (χ1n) is 5.90. The average molecular weight is 225 g/mol. The van der Waals surface area contributed by atoms with Crippen LogP contribution in [0.2, 0.25) is 0 Å². The van der Waals surface area contributed by atoms with E-state index in [9.17, 15) is 0 Å². The molecule has 2 heteroatoms. The number of benzene rings is 2. The zero-order valence-electron chi connectivity index (χ0n) is 10.1. The number of rotatable bonds is 2. The summed E-state index contributed by atoms with van der Waals surface area (Å²) in [6.45, 7) is 3.11. The molecule has 0 N–H and O–H groups in total. The fraction of sp³-hybridized carbons (Fsp3) is 0.200. The van der Waals surface area contributed by atoms with E-state index in [0.29, 0.717) is 0 Å². The summed E-state index contributed by atoms with van der Waals surface area (Å²) in [7, 11) is 1.73. The lowest BCUT2D eigenvalue weighted by molar-refractivity contribution is 0.417. The van der Waals surface area contributed by atoms with Gasteiger partial charge in [-0.2, -0.15) is 0 Å². The van der Waals surface area contributed by atoms with Crippen LogP contribution >= 0.6 is 0 Å². The van der Waals surface area contributed by atoms with Gasteiger partial charge >= 0.3 is 0 Å². The van der Waals surface area contributed by atoms with E-state index in [1.54, 1.807) is 7.11 Å². The summed E-state index contributed by atoms with van der Waals surface area (Å²) < 4.78 is 7.79. The maximum absolute atomic E-state index is 5.48. The lowest BCUT2D eigenvalue weighted by Gasteiger charge is -2.07. The van der Waals surface area contributed by atoms with E-state index < -0.39 is 0 Å². The second-order valence-corrected chi connectivity index (χ2v) is 4.12. The standard InChI is InChI=1S/C15H15NO/c1-3-16-13-9-5-4-7-11(13)12-8-6-10-14(17-2)15(12)16/h4-10H,3H2,1-2H3. The second kappa shape index (κ2) is 3.81. The van der Waals surface area contributed by atoms with Gasteiger partial charge in [0.05, 0.1) is 12.6 Å². The van der Waals surface area contributed by atoms with Gasteiger partial charge in [-0.1, -0.05) is 30.3 Å². The molecule has 0 unspecified atom stereocenters. The minimum atomic E-state index is 0.945. The number of aromatic nitrogens is 1. The molecule has 17 heavy (non-hydrogen) atoms. The second-order valence-electron chi connectivity index (χ2n) is 4.12. The number of nitrogens with zero attached hydrogens (tertiary/aromatic N) is 1. The molecule has 0 aliphatic rings. The van der Waals surface area contributed by atoms with E-state index in [1.807, 2.05) is 12.1 Å². The van der Waals surface area contributed by atoms with E-state index >= 15 is 0 Å². The fourth-order valence-corrected chi connectivity index (χ4v) is 2.57. The van der Waals surface area contributed by atoms with Crippen LogP contribution in [0.15, 0.2) is 42.5 Å². The summed E-state index contributed by atoms with van der Waals surface area (Å²) >= 11 is 0. The fourth-order valence-electron chi connectivity index (χ4n) is 2.57. The smallest absolute Gasteiger partial charge is 0.143 e. The Morgan fingerprint density at radius 1 is 1.00 bits per heavy atom. The lowest BCUT2D eigenvalue weighted by atomic mass is 10.1. The Kier molecular flexibility index (Phi) is 2.29. The van der Waals surface area contributed by atoms with Crippen molar-refractivity contribution in [1.82, 2.24) is 4.57 Å². The Morgan fingerprint density at radius 3 is 2.53 bits per heavy atom. The van der Waals surface area contributed by atoms with Gasteiger partial charge in [0.1, 0.15) is 5.75 Å². The largest absolute Gasteiger partial charge is 0.495 e. The number of aryl methyl sites for hydroxylation is 1. The van der Waals surface area contributed by atoms with E-state index in [2.05, 4.69) is 41.8 Å². The van der Waals surface area contributed by atoms with Crippen molar-refractivity contribution in [3.05, 3.63) is 42.5 Å². The van der Waals surface area contributed by atoms with Gasteiger partial charge in [0.25, 0.3) is 0 Å². The van der Waals surface area contributed by atoms with Crippen molar-refractivity contribution in [2.75, 3.05) is 7.11 Å². The van der Waals surface area contributed by atoms with Crippen molar-refractivity contribution < 1.29 is 4.74 Å². The Bertz CT molecular complexity index is 682. The maximum Gasteiger partial charge on any atom is 0.143 e. The Hall–Kier alpha value is -1.96. The molecule has 0 bridgehead atoms. The third kappa shape index (κ3) is 1.34. The number of hydrogen-bond acceptors (Lipinski definition) is 1. The Morgan fingerprint density at radius 2 is 1.76 bits per heavy atom. The molecule has 0 spiro atoms. The van der Waals surface area contributed by atoms with Crippen LogP contribution in [-0.4, -0.2) is 11.7 Å². The zero-order valence-corrected chi connectivity index (χ0v) is 10.1. The molecule has 0 radical (unpaired) electrons. The minimum absolute atomic E-state index is 0.945. The first-order valence-corrected chi connectivity index (χ1v) is 5.90. The summed E-state index contributed by atoms with van der Waals surface area (Å²) in [6, 6.07) is 14.7. The third-order valence-corrected chi connectivity index (χ3v) is 3.29. The molecule has 0 atom stereocenters. The van der Waals surface area contributed by atoms with Gasteiger partial charge < -0.3 is 9.30 Å². The van der Waals surface area contributed by atoms with Crippen molar-refractivity contribution in [3.8, 4) is 5.75 Å². The van der Waals surface area contributed by atoms with Gasteiger partial charge in [0, 0.05) is 22.8 Å². The van der Waals surface area contributed by atoms with Gasteiger partial charge in [-0.05, 0) is 19.1 Å². The molecule has 0 amide bonds. The predicted molar refractivity (Wildman–Crippen MR) is 71.7 cm³/mol. The van der Waals surface area contributed by atoms with Crippen molar-refractivity contribution in [3.63, 3.8) is 0 Å². The molecule has 3 aromatic rings. The number of hydrogen-bond donors (Lipinski definition) is 0. The highest BCUT2D eigenvalue weighted by molar-refractivity contribution is 6.09. The van der Waals surface area contributed by atoms with Crippen LogP contribution in [0.5, 0.6) is 5.75 Å². The van der Waals surface area contributed by atoms with Crippen molar-refractivity contribution in [2.45, 2.75) is 13.5 Å². The van der Waals surface area contributed by atoms with Crippen molar-refractivity contribution >= 4 is 21.8 Å². The molecule has 0 saturated carbocycles. The van der Waals surface area contributed by atoms with E-state index in [1.165, 1.54) is 21.8 Å². The molecule has 1 aromatic heterocycles. The molecule has 2 nitrogen and oxygen atoms in total. The van der Waals surface area contributed by atoms with Crippen LogP contribution in [0.25, 0.3) is 21.8 Å². The number of ether oxygens (including phenoxy) is 1. The molecule has 0 saturated heterocycles. The first kappa shape index (κ1) is 10.2. The lowest BCUT2D eigenvalue weighted by Crippen LogP contribution is -1.95. The maximum atomic E-state index is 5.48. The summed E-state index contributed by atoms with van der Waals surface area (Å²) in [5, 5.41) is 2.56. The monoisotopic (exact) mass is 225 g/mol. The summed E-state index contributed by atoms with van der Waals surface area (Å²) in [4.78, 5) is 0. The van der Waals surface area contributed by atoms with Crippen LogP contribution in [0, 0.1) is 0 Å². The number of fused-ring (bicyclic) bond motifs is 3. The van der Waals surface area contributed by atoms with E-state index in [-0.39, 0.29) is 0 Å². The normalized spacial score (nSPS) is 11.2. The number of para-hydroxylation sites is 2. The zero-order chi connectivity index (χ0) is 11.8. The Balaban J connectivity index is 2.58. The van der Waals surface area contributed by atoms with Crippen LogP contribution in [0.3, 0.4) is 0 Å².